The molecule has 0 saturated heterocycles. The van der Waals surface area contributed by atoms with Gasteiger partial charge in [0.15, 0.2) is 0 Å². The lowest BCUT2D eigenvalue weighted by Gasteiger charge is -2.20. The second-order valence-electron chi connectivity index (χ2n) is 7.81. The number of carbonyl (C=O) groups excluding carboxylic acids is 2. The molecule has 0 fully saturated rings. The Labute approximate surface area is 192 Å². The summed E-state index contributed by atoms with van der Waals surface area (Å²) in [5.74, 6) is -1.69. The van der Waals surface area contributed by atoms with Crippen molar-refractivity contribution in [3.05, 3.63) is 45.5 Å². The molecule has 1 heterocycles. The van der Waals surface area contributed by atoms with Crippen LogP contribution in [-0.4, -0.2) is 41.3 Å². The maximum absolute atomic E-state index is 13.5. The Hall–Kier alpha value is -3.90. The summed E-state index contributed by atoms with van der Waals surface area (Å²) in [6, 6.07) is 3.46. The predicted molar refractivity (Wildman–Crippen MR) is 114 cm³/mol. The van der Waals surface area contributed by atoms with Gasteiger partial charge in [0.2, 0.25) is 0 Å². The summed E-state index contributed by atoms with van der Waals surface area (Å²) in [5.41, 5.74) is -4.17. The van der Waals surface area contributed by atoms with Crippen LogP contribution < -0.4 is 10.1 Å². The molecule has 0 saturated carbocycles. The molecule has 34 heavy (non-hydrogen) atoms. The highest BCUT2D eigenvalue weighted by atomic mass is 19.4. The highest BCUT2D eigenvalue weighted by Crippen LogP contribution is 2.38. The van der Waals surface area contributed by atoms with Crippen molar-refractivity contribution in [3.8, 4) is 17.1 Å². The van der Waals surface area contributed by atoms with Crippen LogP contribution in [0, 0.1) is 10.1 Å². The van der Waals surface area contributed by atoms with Gasteiger partial charge < -0.3 is 14.2 Å². The number of amides is 1. The number of nitro groups is 1. The van der Waals surface area contributed by atoms with Crippen LogP contribution in [0.3, 0.4) is 0 Å². The summed E-state index contributed by atoms with van der Waals surface area (Å²) in [6.07, 6.45) is -5.81. The van der Waals surface area contributed by atoms with E-state index >= 15 is 0 Å². The second-order valence-corrected chi connectivity index (χ2v) is 7.81. The molecular formula is C21H22F3N3O7. The summed E-state index contributed by atoms with van der Waals surface area (Å²) in [5, 5.41) is 13.7. The topological polar surface area (TPSA) is 130 Å². The number of alkyl halides is 3. The second kappa shape index (κ2) is 9.93. The molecule has 0 unspecified atom stereocenters. The van der Waals surface area contributed by atoms with E-state index in [1.165, 1.54) is 6.92 Å². The lowest BCUT2D eigenvalue weighted by molar-refractivity contribution is -0.386. The van der Waals surface area contributed by atoms with Crippen LogP contribution in [0.5, 0.6) is 5.88 Å². The van der Waals surface area contributed by atoms with E-state index in [-0.39, 0.29) is 23.6 Å². The van der Waals surface area contributed by atoms with Crippen molar-refractivity contribution in [3.63, 3.8) is 0 Å². The number of hydrogen-bond donors (Lipinski definition) is 1. The number of esters is 1. The molecule has 0 aliphatic heterocycles. The van der Waals surface area contributed by atoms with Crippen LogP contribution in [0.1, 0.15) is 43.6 Å². The molecule has 0 aliphatic carbocycles. The first-order chi connectivity index (χ1) is 15.7. The third kappa shape index (κ3) is 6.56. The van der Waals surface area contributed by atoms with Gasteiger partial charge in [-0.15, -0.1) is 0 Å². The van der Waals surface area contributed by atoms with Crippen LogP contribution in [0.4, 0.5) is 29.3 Å². The summed E-state index contributed by atoms with van der Waals surface area (Å²) in [7, 11) is 1.05. The minimum Gasteiger partial charge on any atom is -0.476 e. The van der Waals surface area contributed by atoms with E-state index in [1.807, 2.05) is 0 Å². The molecule has 1 aromatic carbocycles. The number of nitrogens with one attached hydrogen (secondary N) is 1. The fourth-order valence-electron chi connectivity index (χ4n) is 2.78. The largest absolute Gasteiger partial charge is 0.476 e. The zero-order valence-corrected chi connectivity index (χ0v) is 18.9. The highest BCUT2D eigenvalue weighted by Gasteiger charge is 2.33. The number of nitrogens with zero attached hydrogens (tertiary/aromatic N) is 2. The Bertz CT molecular complexity index is 1110. The Morgan fingerprint density at radius 3 is 2.29 bits per heavy atom. The normalized spacial score (nSPS) is 11.5. The Balaban J connectivity index is 2.71. The molecule has 0 radical (unpaired) electrons. The van der Waals surface area contributed by atoms with Crippen LogP contribution in [0.2, 0.25) is 0 Å². The smallest absolute Gasteiger partial charge is 0.416 e. The van der Waals surface area contributed by atoms with Gasteiger partial charge in [0.25, 0.3) is 5.88 Å². The van der Waals surface area contributed by atoms with E-state index in [1.54, 1.807) is 20.8 Å². The van der Waals surface area contributed by atoms with Crippen molar-refractivity contribution >= 4 is 23.4 Å². The first kappa shape index (κ1) is 26.4. The average molecular weight is 485 g/mol. The maximum Gasteiger partial charge on any atom is 0.416 e. The lowest BCUT2D eigenvalue weighted by atomic mass is 10.0. The molecule has 184 valence electrons. The molecular weight excluding hydrogens is 463 g/mol. The van der Waals surface area contributed by atoms with Gasteiger partial charge in [-0.25, -0.2) is 14.6 Å². The molecule has 2 rings (SSSR count). The lowest BCUT2D eigenvalue weighted by Crippen LogP contribution is -2.27. The van der Waals surface area contributed by atoms with E-state index in [2.05, 4.69) is 10.3 Å². The molecule has 10 nitrogen and oxygen atoms in total. The number of aromatic nitrogens is 1. The van der Waals surface area contributed by atoms with Gasteiger partial charge in [-0.2, -0.15) is 13.2 Å². The first-order valence-corrected chi connectivity index (χ1v) is 9.79. The van der Waals surface area contributed by atoms with Gasteiger partial charge in [0.05, 0.1) is 29.9 Å². The molecule has 1 N–H and O–H groups in total. The summed E-state index contributed by atoms with van der Waals surface area (Å²) in [6.45, 7) is 6.10. The summed E-state index contributed by atoms with van der Waals surface area (Å²) in [4.78, 5) is 38.9. The minimum absolute atomic E-state index is 0.108. The van der Waals surface area contributed by atoms with E-state index in [9.17, 15) is 32.9 Å². The standard InChI is InChI=1S/C21H22F3N3O7/c1-6-33-18(28)14-10-15(26-17(32-5)16(14)27(30)31)11-7-12(21(22,23)24)9-13(8-11)25-19(29)34-20(2,3)4/h7-10H,6H2,1-5H3,(H,25,29). The average Bonchev–Trinajstić information content (AvgIpc) is 2.70. The zero-order chi connectivity index (χ0) is 25.8. The summed E-state index contributed by atoms with van der Waals surface area (Å²) < 4.78 is 55.4. The van der Waals surface area contributed by atoms with Crippen molar-refractivity contribution in [1.82, 2.24) is 4.98 Å². The van der Waals surface area contributed by atoms with Crippen molar-refractivity contribution < 1.29 is 41.9 Å². The molecule has 0 aliphatic rings. The maximum atomic E-state index is 13.5. The van der Waals surface area contributed by atoms with E-state index in [4.69, 9.17) is 14.2 Å². The zero-order valence-electron chi connectivity index (χ0n) is 18.9. The predicted octanol–water partition coefficient (Wildman–Crippen LogP) is 5.21. The Morgan fingerprint density at radius 2 is 1.79 bits per heavy atom. The number of hydrogen-bond acceptors (Lipinski definition) is 8. The molecule has 1 amide bonds. The number of ether oxygens (including phenoxy) is 3. The van der Waals surface area contributed by atoms with Crippen molar-refractivity contribution in [2.24, 2.45) is 0 Å². The molecule has 13 heteroatoms. The van der Waals surface area contributed by atoms with Crippen molar-refractivity contribution in [1.29, 1.82) is 0 Å². The monoisotopic (exact) mass is 485 g/mol. The molecule has 0 spiro atoms. The fourth-order valence-corrected chi connectivity index (χ4v) is 2.78. The van der Waals surface area contributed by atoms with Gasteiger partial charge in [0, 0.05) is 11.3 Å². The minimum atomic E-state index is -4.81. The first-order valence-electron chi connectivity index (χ1n) is 9.79. The molecule has 0 atom stereocenters. The fraction of sp³-hybridized carbons (Fsp3) is 0.381. The van der Waals surface area contributed by atoms with Crippen LogP contribution in [-0.2, 0) is 15.7 Å². The van der Waals surface area contributed by atoms with E-state index in [0.29, 0.717) is 12.1 Å². The van der Waals surface area contributed by atoms with E-state index < -0.39 is 51.5 Å². The third-order valence-electron chi connectivity index (χ3n) is 4.03. The van der Waals surface area contributed by atoms with Crippen LogP contribution >= 0.6 is 0 Å². The molecule has 1 aromatic heterocycles. The number of rotatable bonds is 6. The van der Waals surface area contributed by atoms with Gasteiger partial charge >= 0.3 is 23.9 Å². The molecule has 2 aromatic rings. The van der Waals surface area contributed by atoms with E-state index in [0.717, 1.165) is 19.2 Å². The number of carbonyl (C=O) groups is 2. The van der Waals surface area contributed by atoms with Gasteiger partial charge in [-0.3, -0.25) is 15.4 Å². The number of benzene rings is 1. The quantitative estimate of drug-likeness (QED) is 0.335. The van der Waals surface area contributed by atoms with Crippen LogP contribution in [0.15, 0.2) is 24.3 Å². The third-order valence-corrected chi connectivity index (χ3v) is 4.03. The SMILES string of the molecule is CCOC(=O)c1cc(-c2cc(NC(=O)OC(C)(C)C)cc(C(F)(F)F)c2)nc(OC)c1[N+](=O)[O-]. The van der Waals surface area contributed by atoms with Gasteiger partial charge in [-0.1, -0.05) is 0 Å². The number of methoxy groups -OCH3 is 1. The Morgan fingerprint density at radius 1 is 1.15 bits per heavy atom. The van der Waals surface area contributed by atoms with Gasteiger partial charge in [-0.05, 0) is 52.0 Å². The summed E-state index contributed by atoms with van der Waals surface area (Å²) >= 11 is 0. The molecule has 0 bridgehead atoms. The van der Waals surface area contributed by atoms with Crippen LogP contribution in [0.25, 0.3) is 11.3 Å². The highest BCUT2D eigenvalue weighted by molar-refractivity contribution is 5.96. The number of halogens is 3. The Kier molecular flexibility index (Phi) is 7.70. The number of anilines is 1. The van der Waals surface area contributed by atoms with Gasteiger partial charge in [0.1, 0.15) is 11.2 Å². The number of pyridine rings is 1. The van der Waals surface area contributed by atoms with Crippen molar-refractivity contribution in [2.75, 3.05) is 19.0 Å². The van der Waals surface area contributed by atoms with Crippen molar-refractivity contribution in [2.45, 2.75) is 39.5 Å².